The van der Waals surface area contributed by atoms with Crippen molar-refractivity contribution in [2.24, 2.45) is 7.05 Å². The Kier molecular flexibility index (Phi) is 5.21. The molecule has 0 atom stereocenters. The molecule has 2 aromatic rings. The van der Waals surface area contributed by atoms with Crippen LogP contribution in [0, 0.1) is 12.3 Å². The molecular weight excluding hydrogens is 278 g/mol. The minimum absolute atomic E-state index is 0.148. The van der Waals surface area contributed by atoms with Crippen LogP contribution in [0.4, 0.5) is 0 Å². The van der Waals surface area contributed by atoms with E-state index in [1.165, 1.54) is 0 Å². The molecule has 22 heavy (non-hydrogen) atoms. The second kappa shape index (κ2) is 7.32. The fourth-order valence-corrected chi connectivity index (χ4v) is 2.06. The van der Waals surface area contributed by atoms with Crippen molar-refractivity contribution in [3.8, 4) is 18.1 Å². The molecule has 0 aliphatic heterocycles. The van der Waals surface area contributed by atoms with Crippen LogP contribution in [0.25, 0.3) is 0 Å². The molecule has 1 aromatic heterocycles. The molecule has 5 nitrogen and oxygen atoms in total. The van der Waals surface area contributed by atoms with Crippen molar-refractivity contribution in [3.05, 3.63) is 47.3 Å². The van der Waals surface area contributed by atoms with Gasteiger partial charge >= 0.3 is 0 Å². The van der Waals surface area contributed by atoms with Crippen molar-refractivity contribution in [1.82, 2.24) is 15.1 Å². The smallest absolute Gasteiger partial charge is 0.269 e. The number of ether oxygens (including phenoxy) is 1. The molecule has 0 spiro atoms. The van der Waals surface area contributed by atoms with Gasteiger partial charge in [-0.15, -0.1) is 6.42 Å². The van der Waals surface area contributed by atoms with E-state index >= 15 is 0 Å². The summed E-state index contributed by atoms with van der Waals surface area (Å²) >= 11 is 0. The molecule has 0 bridgehead atoms. The summed E-state index contributed by atoms with van der Waals surface area (Å²) in [5.74, 6) is 2.96. The number of carbonyl (C=O) groups is 1. The minimum Gasteiger partial charge on any atom is -0.481 e. The molecule has 0 saturated heterocycles. The van der Waals surface area contributed by atoms with Crippen LogP contribution in [0.5, 0.6) is 5.75 Å². The summed E-state index contributed by atoms with van der Waals surface area (Å²) in [5.41, 5.74) is 2.40. The first-order valence-electron chi connectivity index (χ1n) is 7.10. The Labute approximate surface area is 130 Å². The van der Waals surface area contributed by atoms with Gasteiger partial charge < -0.3 is 10.1 Å². The third-order valence-corrected chi connectivity index (χ3v) is 3.20. The maximum Gasteiger partial charge on any atom is 0.269 e. The van der Waals surface area contributed by atoms with Gasteiger partial charge in [-0.3, -0.25) is 9.48 Å². The van der Waals surface area contributed by atoms with E-state index in [4.69, 9.17) is 11.2 Å². The SMILES string of the molecule is C#CCOc1cccc(CNC(=O)c2cc(CC)nn2C)c1. The van der Waals surface area contributed by atoms with Crippen molar-refractivity contribution in [3.63, 3.8) is 0 Å². The number of hydrogen-bond acceptors (Lipinski definition) is 3. The van der Waals surface area contributed by atoms with Gasteiger partial charge in [0.25, 0.3) is 5.91 Å². The fraction of sp³-hybridized carbons (Fsp3) is 0.294. The van der Waals surface area contributed by atoms with Crippen molar-refractivity contribution in [1.29, 1.82) is 0 Å². The third kappa shape index (κ3) is 3.89. The lowest BCUT2D eigenvalue weighted by Gasteiger charge is -2.07. The van der Waals surface area contributed by atoms with Crippen LogP contribution in [-0.2, 0) is 20.0 Å². The van der Waals surface area contributed by atoms with Crippen molar-refractivity contribution in [2.75, 3.05) is 6.61 Å². The van der Waals surface area contributed by atoms with Gasteiger partial charge in [0.05, 0.1) is 5.69 Å². The third-order valence-electron chi connectivity index (χ3n) is 3.20. The van der Waals surface area contributed by atoms with Crippen molar-refractivity contribution < 1.29 is 9.53 Å². The van der Waals surface area contributed by atoms with Crippen LogP contribution >= 0.6 is 0 Å². The lowest BCUT2D eigenvalue weighted by molar-refractivity contribution is 0.0941. The minimum atomic E-state index is -0.148. The number of amides is 1. The lowest BCUT2D eigenvalue weighted by Crippen LogP contribution is -2.25. The molecule has 114 valence electrons. The van der Waals surface area contributed by atoms with Gasteiger partial charge in [-0.05, 0) is 30.2 Å². The maximum absolute atomic E-state index is 12.2. The summed E-state index contributed by atoms with van der Waals surface area (Å²) in [5, 5.41) is 7.15. The van der Waals surface area contributed by atoms with Crippen molar-refractivity contribution in [2.45, 2.75) is 19.9 Å². The number of benzene rings is 1. The molecule has 5 heteroatoms. The number of nitrogens with zero attached hydrogens (tertiary/aromatic N) is 2. The van der Waals surface area contributed by atoms with Crippen LogP contribution in [0.2, 0.25) is 0 Å². The summed E-state index contributed by atoms with van der Waals surface area (Å²) < 4.78 is 6.96. The Morgan fingerprint density at radius 2 is 2.27 bits per heavy atom. The summed E-state index contributed by atoms with van der Waals surface area (Å²) in [4.78, 5) is 12.2. The number of rotatable bonds is 6. The molecule has 0 radical (unpaired) electrons. The molecule has 0 fully saturated rings. The highest BCUT2D eigenvalue weighted by Crippen LogP contribution is 2.13. The summed E-state index contributed by atoms with van der Waals surface area (Å²) in [6.07, 6.45) is 5.97. The van der Waals surface area contributed by atoms with Gasteiger partial charge in [-0.1, -0.05) is 25.0 Å². The largest absolute Gasteiger partial charge is 0.481 e. The Hall–Kier alpha value is -2.74. The second-order valence-corrected chi connectivity index (χ2v) is 4.82. The second-order valence-electron chi connectivity index (χ2n) is 4.82. The first kappa shape index (κ1) is 15.6. The van der Waals surface area contributed by atoms with Crippen molar-refractivity contribution >= 4 is 5.91 Å². The number of carbonyl (C=O) groups excluding carboxylic acids is 1. The van der Waals surface area contributed by atoms with Gasteiger partial charge in [-0.25, -0.2) is 0 Å². The Bertz CT molecular complexity index is 698. The molecule has 2 rings (SSSR count). The number of aromatic nitrogens is 2. The Morgan fingerprint density at radius 3 is 2.95 bits per heavy atom. The average molecular weight is 297 g/mol. The molecule has 1 heterocycles. The Morgan fingerprint density at radius 1 is 1.45 bits per heavy atom. The predicted octanol–water partition coefficient (Wildman–Crippen LogP) is 1.92. The van der Waals surface area contributed by atoms with Crippen LogP contribution in [-0.4, -0.2) is 22.3 Å². The van der Waals surface area contributed by atoms with Crippen LogP contribution in [0.3, 0.4) is 0 Å². The molecular formula is C17H19N3O2. The highest BCUT2D eigenvalue weighted by atomic mass is 16.5. The lowest BCUT2D eigenvalue weighted by atomic mass is 10.2. The van der Waals surface area contributed by atoms with E-state index in [0.717, 1.165) is 17.7 Å². The van der Waals surface area contributed by atoms with Gasteiger partial charge in [0.2, 0.25) is 0 Å². The molecule has 0 saturated carbocycles. The summed E-state index contributed by atoms with van der Waals surface area (Å²) in [7, 11) is 1.77. The summed E-state index contributed by atoms with van der Waals surface area (Å²) in [6.45, 7) is 2.65. The first-order chi connectivity index (χ1) is 10.6. The zero-order valence-corrected chi connectivity index (χ0v) is 12.8. The van der Waals surface area contributed by atoms with E-state index in [0.29, 0.717) is 18.0 Å². The molecule has 0 aliphatic carbocycles. The maximum atomic E-state index is 12.2. The monoisotopic (exact) mass is 297 g/mol. The van der Waals surface area contributed by atoms with Gasteiger partial charge in [0, 0.05) is 13.6 Å². The van der Waals surface area contributed by atoms with E-state index in [2.05, 4.69) is 16.3 Å². The fourth-order valence-electron chi connectivity index (χ4n) is 2.06. The van der Waals surface area contributed by atoms with Gasteiger partial charge in [0.1, 0.15) is 18.1 Å². The van der Waals surface area contributed by atoms with E-state index in [9.17, 15) is 4.79 Å². The van der Waals surface area contributed by atoms with Crippen LogP contribution < -0.4 is 10.1 Å². The number of hydrogen-bond donors (Lipinski definition) is 1. The normalized spacial score (nSPS) is 10.0. The standard InChI is InChI=1S/C17H19N3O2/c1-4-9-22-15-8-6-7-13(10-15)12-18-17(21)16-11-14(5-2)19-20(16)3/h1,6-8,10-11H,5,9,12H2,2-3H3,(H,18,21). The number of aryl methyl sites for hydroxylation is 2. The molecule has 0 unspecified atom stereocenters. The zero-order valence-electron chi connectivity index (χ0n) is 12.8. The Balaban J connectivity index is 1.98. The molecule has 0 aliphatic rings. The molecule has 1 N–H and O–H groups in total. The number of nitrogens with one attached hydrogen (secondary N) is 1. The average Bonchev–Trinajstić information content (AvgIpc) is 2.92. The van der Waals surface area contributed by atoms with Crippen LogP contribution in [0.1, 0.15) is 28.7 Å². The summed E-state index contributed by atoms with van der Waals surface area (Å²) in [6, 6.07) is 9.29. The van der Waals surface area contributed by atoms with E-state index in [1.807, 2.05) is 37.3 Å². The quantitative estimate of drug-likeness (QED) is 0.829. The highest BCUT2D eigenvalue weighted by molar-refractivity contribution is 5.92. The first-order valence-corrected chi connectivity index (χ1v) is 7.10. The highest BCUT2D eigenvalue weighted by Gasteiger charge is 2.12. The van der Waals surface area contributed by atoms with E-state index in [-0.39, 0.29) is 12.5 Å². The van der Waals surface area contributed by atoms with Crippen LogP contribution in [0.15, 0.2) is 30.3 Å². The van der Waals surface area contributed by atoms with Gasteiger partial charge in [-0.2, -0.15) is 5.10 Å². The number of terminal acetylenes is 1. The zero-order chi connectivity index (χ0) is 15.9. The molecule has 1 amide bonds. The van der Waals surface area contributed by atoms with Gasteiger partial charge in [0.15, 0.2) is 0 Å². The van der Waals surface area contributed by atoms with E-state index in [1.54, 1.807) is 11.7 Å². The molecule has 1 aromatic carbocycles. The predicted molar refractivity (Wildman–Crippen MR) is 84.5 cm³/mol. The topological polar surface area (TPSA) is 56.1 Å². The van der Waals surface area contributed by atoms with E-state index < -0.39 is 0 Å².